The molecule has 0 saturated carbocycles. The molecule has 1 N–H and O–H groups in total. The Morgan fingerprint density at radius 3 is 2.52 bits per heavy atom. The summed E-state index contributed by atoms with van der Waals surface area (Å²) >= 11 is 6.42. The second-order valence-corrected chi connectivity index (χ2v) is 7.85. The highest BCUT2D eigenvalue weighted by Gasteiger charge is 2.40. The van der Waals surface area contributed by atoms with Crippen LogP contribution in [0.15, 0.2) is 53.4 Å². The van der Waals surface area contributed by atoms with Gasteiger partial charge in [-0.15, -0.1) is 0 Å². The van der Waals surface area contributed by atoms with Crippen LogP contribution < -0.4 is 9.47 Å². The van der Waals surface area contributed by atoms with Gasteiger partial charge in [0.1, 0.15) is 10.4 Å². The number of carbonyl (C=O) groups is 2. The topological polar surface area (TPSA) is 76.1 Å². The molecule has 1 aliphatic rings. The van der Waals surface area contributed by atoms with E-state index in [0.29, 0.717) is 22.0 Å². The van der Waals surface area contributed by atoms with Gasteiger partial charge in [-0.05, 0) is 17.7 Å². The van der Waals surface area contributed by atoms with E-state index < -0.39 is 17.9 Å². The van der Waals surface area contributed by atoms with Crippen molar-refractivity contribution >= 4 is 46.3 Å². The number of ether oxygens (including phenoxy) is 2. The molecule has 1 heterocycles. The van der Waals surface area contributed by atoms with Crippen molar-refractivity contribution in [1.82, 2.24) is 4.90 Å². The van der Waals surface area contributed by atoms with Gasteiger partial charge in [0.2, 0.25) is 0 Å². The van der Waals surface area contributed by atoms with Crippen LogP contribution in [0.1, 0.15) is 11.1 Å². The number of benzene rings is 2. The summed E-state index contributed by atoms with van der Waals surface area (Å²) in [6.07, 6.45) is 1.81. The monoisotopic (exact) mass is 429 g/mol. The zero-order valence-electron chi connectivity index (χ0n) is 15.8. The van der Waals surface area contributed by atoms with Crippen molar-refractivity contribution in [3.05, 3.63) is 64.6 Å². The van der Waals surface area contributed by atoms with Gasteiger partial charge in [-0.1, -0.05) is 66.4 Å². The van der Waals surface area contributed by atoms with Crippen molar-refractivity contribution < 1.29 is 24.2 Å². The molecule has 1 saturated heterocycles. The van der Waals surface area contributed by atoms with Crippen LogP contribution in [0.2, 0.25) is 0 Å². The Bertz CT molecular complexity index is 974. The Morgan fingerprint density at radius 2 is 1.90 bits per heavy atom. The molecule has 0 unspecified atom stereocenters. The van der Waals surface area contributed by atoms with Crippen molar-refractivity contribution in [2.45, 2.75) is 12.5 Å². The Balaban J connectivity index is 1.93. The predicted octanol–water partition coefficient (Wildman–Crippen LogP) is 3.60. The van der Waals surface area contributed by atoms with Gasteiger partial charge in [0.05, 0.1) is 19.1 Å². The Labute approximate surface area is 178 Å². The maximum atomic E-state index is 13.0. The highest BCUT2D eigenvalue weighted by molar-refractivity contribution is 8.26. The fraction of sp³-hybridized carbons (Fsp3) is 0.190. The lowest BCUT2D eigenvalue weighted by atomic mass is 10.0. The van der Waals surface area contributed by atoms with E-state index in [1.54, 1.807) is 24.3 Å². The Morgan fingerprint density at radius 1 is 1.17 bits per heavy atom. The third kappa shape index (κ3) is 4.44. The van der Waals surface area contributed by atoms with Crippen molar-refractivity contribution in [2.24, 2.45) is 0 Å². The second kappa shape index (κ2) is 9.11. The van der Waals surface area contributed by atoms with Gasteiger partial charge in [0.15, 0.2) is 11.5 Å². The van der Waals surface area contributed by atoms with Gasteiger partial charge in [0, 0.05) is 12.0 Å². The van der Waals surface area contributed by atoms with E-state index in [1.165, 1.54) is 19.1 Å². The molecule has 0 bridgehead atoms. The quantitative estimate of drug-likeness (QED) is 0.532. The maximum Gasteiger partial charge on any atom is 0.327 e. The first kappa shape index (κ1) is 20.9. The fourth-order valence-corrected chi connectivity index (χ4v) is 4.39. The molecule has 0 aromatic heterocycles. The number of para-hydroxylation sites is 1. The lowest BCUT2D eigenvalue weighted by molar-refractivity contribution is -0.145. The van der Waals surface area contributed by atoms with E-state index in [-0.39, 0.29) is 10.7 Å². The summed E-state index contributed by atoms with van der Waals surface area (Å²) in [4.78, 5) is 26.4. The van der Waals surface area contributed by atoms with Crippen LogP contribution in [-0.4, -0.2) is 46.5 Å². The molecule has 8 heteroatoms. The van der Waals surface area contributed by atoms with E-state index >= 15 is 0 Å². The first-order valence-corrected chi connectivity index (χ1v) is 9.93. The number of carboxylic acids is 1. The van der Waals surface area contributed by atoms with Crippen LogP contribution in [0.4, 0.5) is 0 Å². The highest BCUT2D eigenvalue weighted by atomic mass is 32.2. The molecule has 0 radical (unpaired) electrons. The number of hydrogen-bond acceptors (Lipinski definition) is 6. The van der Waals surface area contributed by atoms with Crippen molar-refractivity contribution in [3.63, 3.8) is 0 Å². The lowest BCUT2D eigenvalue weighted by Gasteiger charge is -2.23. The van der Waals surface area contributed by atoms with Crippen LogP contribution >= 0.6 is 24.0 Å². The number of nitrogens with zero attached hydrogens (tertiary/aromatic N) is 1. The standard InChI is InChI=1S/C21H19NO5S2/c1-26-16-10-6-9-14(18(16)27-2)12-17-19(23)22(21(28)29-17)15(20(24)25)11-13-7-4-3-5-8-13/h3-10,12,15H,11H2,1-2H3,(H,24,25)/b17-12-/t15-/m0/s1. The smallest absolute Gasteiger partial charge is 0.327 e. The van der Waals surface area contributed by atoms with Crippen LogP contribution in [0.25, 0.3) is 6.08 Å². The molecule has 0 aliphatic carbocycles. The number of hydrogen-bond donors (Lipinski definition) is 1. The minimum Gasteiger partial charge on any atom is -0.493 e. The molecule has 3 rings (SSSR count). The summed E-state index contributed by atoms with van der Waals surface area (Å²) in [6, 6.07) is 13.4. The van der Waals surface area contributed by atoms with Gasteiger partial charge in [-0.3, -0.25) is 9.69 Å². The summed E-state index contributed by atoms with van der Waals surface area (Å²) in [6.45, 7) is 0. The molecule has 150 valence electrons. The number of rotatable bonds is 7. The molecule has 0 spiro atoms. The SMILES string of the molecule is COc1cccc(/C=C2\SC(=S)N([C@@H](Cc3ccccc3)C(=O)O)C2=O)c1OC. The number of carboxylic acid groups (broad SMARTS) is 1. The first-order valence-electron chi connectivity index (χ1n) is 8.71. The second-order valence-electron chi connectivity index (χ2n) is 6.18. The third-order valence-electron chi connectivity index (χ3n) is 4.41. The summed E-state index contributed by atoms with van der Waals surface area (Å²) in [5, 5.41) is 9.74. The number of thiocarbonyl (C=S) groups is 1. The normalized spacial score (nSPS) is 16.2. The van der Waals surface area contributed by atoms with Crippen LogP contribution in [0.3, 0.4) is 0 Å². The number of methoxy groups -OCH3 is 2. The van der Waals surface area contributed by atoms with Crippen molar-refractivity contribution in [1.29, 1.82) is 0 Å². The summed E-state index contributed by atoms with van der Waals surface area (Å²) in [5.74, 6) is -0.526. The minimum absolute atomic E-state index is 0.165. The first-order chi connectivity index (χ1) is 14.0. The number of aliphatic carboxylic acids is 1. The summed E-state index contributed by atoms with van der Waals surface area (Å²) < 4.78 is 10.9. The largest absolute Gasteiger partial charge is 0.493 e. The zero-order valence-corrected chi connectivity index (χ0v) is 17.5. The molecular weight excluding hydrogens is 410 g/mol. The van der Waals surface area contributed by atoms with Crippen LogP contribution in [-0.2, 0) is 16.0 Å². The van der Waals surface area contributed by atoms with Gasteiger partial charge in [-0.25, -0.2) is 4.79 Å². The molecule has 1 aliphatic heterocycles. The highest BCUT2D eigenvalue weighted by Crippen LogP contribution is 2.38. The van der Waals surface area contributed by atoms with Gasteiger partial charge >= 0.3 is 5.97 Å². The molecule has 1 amide bonds. The summed E-state index contributed by atoms with van der Waals surface area (Å²) in [5.41, 5.74) is 1.45. The van der Waals surface area contributed by atoms with Gasteiger partial charge in [-0.2, -0.15) is 0 Å². The van der Waals surface area contributed by atoms with E-state index in [0.717, 1.165) is 17.3 Å². The van der Waals surface area contributed by atoms with E-state index in [4.69, 9.17) is 21.7 Å². The fourth-order valence-electron chi connectivity index (χ4n) is 3.04. The van der Waals surface area contributed by atoms with Crippen molar-refractivity contribution in [3.8, 4) is 11.5 Å². The van der Waals surface area contributed by atoms with Crippen LogP contribution in [0.5, 0.6) is 11.5 Å². The average Bonchev–Trinajstić information content (AvgIpc) is 2.99. The Hall–Kier alpha value is -2.84. The molecular formula is C21H19NO5S2. The van der Waals surface area contributed by atoms with Gasteiger partial charge in [0.25, 0.3) is 5.91 Å². The molecule has 2 aromatic rings. The van der Waals surface area contributed by atoms with Crippen LogP contribution in [0, 0.1) is 0 Å². The molecule has 29 heavy (non-hydrogen) atoms. The number of carbonyl (C=O) groups excluding carboxylic acids is 1. The Kier molecular flexibility index (Phi) is 6.56. The molecule has 2 aromatic carbocycles. The summed E-state index contributed by atoms with van der Waals surface area (Å²) in [7, 11) is 3.04. The average molecular weight is 430 g/mol. The van der Waals surface area contributed by atoms with E-state index in [9.17, 15) is 14.7 Å². The molecule has 6 nitrogen and oxygen atoms in total. The minimum atomic E-state index is -1.11. The maximum absolute atomic E-state index is 13.0. The number of amides is 1. The molecule has 1 fully saturated rings. The van der Waals surface area contributed by atoms with Gasteiger partial charge < -0.3 is 14.6 Å². The van der Waals surface area contributed by atoms with Crippen molar-refractivity contribution in [2.75, 3.05) is 14.2 Å². The number of thioether (sulfide) groups is 1. The zero-order chi connectivity index (χ0) is 21.0. The molecule has 1 atom stereocenters. The lowest BCUT2D eigenvalue weighted by Crippen LogP contribution is -2.45. The third-order valence-corrected chi connectivity index (χ3v) is 5.74. The van der Waals surface area contributed by atoms with E-state index in [1.807, 2.05) is 30.3 Å². The van der Waals surface area contributed by atoms with E-state index in [2.05, 4.69) is 0 Å². The predicted molar refractivity (Wildman–Crippen MR) is 116 cm³/mol.